The highest BCUT2D eigenvalue weighted by molar-refractivity contribution is 5.10. The summed E-state index contributed by atoms with van der Waals surface area (Å²) in [7, 11) is 0. The standard InChI is InChI=1S/C16H28O/c1-14(2)8-5-9-15(3)10-6-11-16(4)12-7-13-17/h7,10,12-14,17H,5-6,8-9,11H2,1-4H3/b13-7?,15-10+,16-12-. The number of aliphatic hydroxyl groups excluding tert-OH is 1. The van der Waals surface area contributed by atoms with Crippen molar-refractivity contribution in [1.29, 1.82) is 0 Å². The zero-order chi connectivity index (χ0) is 13.1. The Hall–Kier alpha value is -0.980. The third-order valence-corrected chi connectivity index (χ3v) is 2.85. The van der Waals surface area contributed by atoms with Gasteiger partial charge in [0.25, 0.3) is 0 Å². The second-order valence-corrected chi connectivity index (χ2v) is 5.23. The van der Waals surface area contributed by atoms with E-state index in [0.29, 0.717) is 0 Å². The summed E-state index contributed by atoms with van der Waals surface area (Å²) < 4.78 is 0. The van der Waals surface area contributed by atoms with E-state index in [9.17, 15) is 0 Å². The van der Waals surface area contributed by atoms with Gasteiger partial charge in [0.1, 0.15) is 0 Å². The van der Waals surface area contributed by atoms with Gasteiger partial charge in [-0.3, -0.25) is 0 Å². The Morgan fingerprint density at radius 2 is 1.82 bits per heavy atom. The van der Waals surface area contributed by atoms with E-state index in [2.05, 4.69) is 33.8 Å². The molecule has 0 radical (unpaired) electrons. The van der Waals surface area contributed by atoms with Gasteiger partial charge in [-0.25, -0.2) is 0 Å². The predicted molar refractivity (Wildman–Crippen MR) is 77.2 cm³/mol. The Kier molecular flexibility index (Phi) is 9.60. The largest absolute Gasteiger partial charge is 0.516 e. The molecule has 0 aromatic carbocycles. The first-order valence-electron chi connectivity index (χ1n) is 6.68. The lowest BCUT2D eigenvalue weighted by Crippen LogP contribution is -1.87. The van der Waals surface area contributed by atoms with E-state index in [-0.39, 0.29) is 0 Å². The van der Waals surface area contributed by atoms with Gasteiger partial charge < -0.3 is 5.11 Å². The number of aliphatic hydroxyl groups is 1. The normalized spacial score (nSPS) is 13.9. The second-order valence-electron chi connectivity index (χ2n) is 5.23. The molecular formula is C16H28O. The Bertz CT molecular complexity index is 269. The average Bonchev–Trinajstić information content (AvgIpc) is 2.25. The summed E-state index contributed by atoms with van der Waals surface area (Å²) in [6.45, 7) is 8.89. The summed E-state index contributed by atoms with van der Waals surface area (Å²) in [5, 5.41) is 8.53. The lowest BCUT2D eigenvalue weighted by atomic mass is 10.0. The summed E-state index contributed by atoms with van der Waals surface area (Å²) in [6.07, 6.45) is 13.1. The maximum Gasteiger partial charge on any atom is 0.0791 e. The third-order valence-electron chi connectivity index (χ3n) is 2.85. The molecule has 98 valence electrons. The molecule has 0 aliphatic rings. The number of hydrogen-bond donors (Lipinski definition) is 1. The quantitative estimate of drug-likeness (QED) is 0.332. The minimum absolute atomic E-state index is 0.818. The molecule has 0 amide bonds. The average molecular weight is 236 g/mol. The lowest BCUT2D eigenvalue weighted by molar-refractivity contribution is 0.473. The molecule has 0 rings (SSSR count). The van der Waals surface area contributed by atoms with Gasteiger partial charge in [0, 0.05) is 0 Å². The van der Waals surface area contributed by atoms with Crippen LogP contribution >= 0.6 is 0 Å². The van der Waals surface area contributed by atoms with Gasteiger partial charge in [-0.05, 0) is 51.5 Å². The van der Waals surface area contributed by atoms with E-state index < -0.39 is 0 Å². The van der Waals surface area contributed by atoms with E-state index >= 15 is 0 Å². The third kappa shape index (κ3) is 11.3. The molecule has 0 unspecified atom stereocenters. The minimum Gasteiger partial charge on any atom is -0.516 e. The van der Waals surface area contributed by atoms with Gasteiger partial charge in [0.05, 0.1) is 6.26 Å². The Morgan fingerprint density at radius 1 is 1.12 bits per heavy atom. The Labute approximate surface area is 107 Å². The van der Waals surface area contributed by atoms with Crippen LogP contribution in [0.25, 0.3) is 0 Å². The molecule has 1 heteroatoms. The van der Waals surface area contributed by atoms with Crippen LogP contribution in [-0.2, 0) is 0 Å². The zero-order valence-corrected chi connectivity index (χ0v) is 11.9. The summed E-state index contributed by atoms with van der Waals surface area (Å²) >= 11 is 0. The van der Waals surface area contributed by atoms with Crippen molar-refractivity contribution in [2.75, 3.05) is 0 Å². The molecule has 0 aliphatic carbocycles. The van der Waals surface area contributed by atoms with Crippen molar-refractivity contribution < 1.29 is 5.11 Å². The van der Waals surface area contributed by atoms with Crippen molar-refractivity contribution in [2.24, 2.45) is 5.92 Å². The highest BCUT2D eigenvalue weighted by Gasteiger charge is 1.95. The Morgan fingerprint density at radius 3 is 2.41 bits per heavy atom. The second kappa shape index (κ2) is 10.2. The fourth-order valence-corrected chi connectivity index (χ4v) is 1.73. The van der Waals surface area contributed by atoms with Crippen molar-refractivity contribution in [2.45, 2.75) is 59.8 Å². The maximum absolute atomic E-state index is 8.53. The summed E-state index contributed by atoms with van der Waals surface area (Å²) in [6, 6.07) is 0. The van der Waals surface area contributed by atoms with Gasteiger partial charge in [0.2, 0.25) is 0 Å². The van der Waals surface area contributed by atoms with Crippen molar-refractivity contribution >= 4 is 0 Å². The highest BCUT2D eigenvalue weighted by atomic mass is 16.2. The van der Waals surface area contributed by atoms with E-state index in [1.54, 1.807) is 6.08 Å². The van der Waals surface area contributed by atoms with Crippen LogP contribution in [0.2, 0.25) is 0 Å². The molecule has 0 fully saturated rings. The van der Waals surface area contributed by atoms with Crippen molar-refractivity contribution in [3.63, 3.8) is 0 Å². The highest BCUT2D eigenvalue weighted by Crippen LogP contribution is 2.13. The van der Waals surface area contributed by atoms with Crippen LogP contribution in [0, 0.1) is 5.92 Å². The van der Waals surface area contributed by atoms with Crippen LogP contribution in [0.15, 0.2) is 35.6 Å². The fourth-order valence-electron chi connectivity index (χ4n) is 1.73. The molecule has 0 aromatic rings. The first-order valence-corrected chi connectivity index (χ1v) is 6.68. The van der Waals surface area contributed by atoms with E-state index in [4.69, 9.17) is 5.11 Å². The molecule has 0 heterocycles. The summed E-state index contributed by atoms with van der Waals surface area (Å²) in [5.74, 6) is 0.818. The minimum atomic E-state index is 0.818. The van der Waals surface area contributed by atoms with Gasteiger partial charge in [0.15, 0.2) is 0 Å². The smallest absolute Gasteiger partial charge is 0.0791 e. The van der Waals surface area contributed by atoms with Crippen molar-refractivity contribution in [1.82, 2.24) is 0 Å². The van der Waals surface area contributed by atoms with Crippen LogP contribution in [-0.4, -0.2) is 5.11 Å². The Balaban J connectivity index is 3.76. The van der Waals surface area contributed by atoms with Crippen molar-refractivity contribution in [3.05, 3.63) is 35.6 Å². The van der Waals surface area contributed by atoms with Crippen LogP contribution in [0.3, 0.4) is 0 Å². The number of rotatable bonds is 8. The molecule has 0 aliphatic heterocycles. The lowest BCUT2D eigenvalue weighted by Gasteiger charge is -2.05. The molecule has 1 N–H and O–H groups in total. The first kappa shape index (κ1) is 16.0. The van der Waals surface area contributed by atoms with Gasteiger partial charge in [-0.2, -0.15) is 0 Å². The molecule has 0 bridgehead atoms. The topological polar surface area (TPSA) is 20.2 Å². The van der Waals surface area contributed by atoms with E-state index in [1.165, 1.54) is 30.4 Å². The number of hydrogen-bond acceptors (Lipinski definition) is 1. The van der Waals surface area contributed by atoms with Crippen LogP contribution in [0.5, 0.6) is 0 Å². The fraction of sp³-hybridized carbons (Fsp3) is 0.625. The predicted octanol–water partition coefficient (Wildman–Crippen LogP) is 5.56. The van der Waals surface area contributed by atoms with Gasteiger partial charge >= 0.3 is 0 Å². The molecular weight excluding hydrogens is 208 g/mol. The summed E-state index contributed by atoms with van der Waals surface area (Å²) in [4.78, 5) is 0. The molecule has 17 heavy (non-hydrogen) atoms. The molecule has 0 aromatic heterocycles. The van der Waals surface area contributed by atoms with Crippen LogP contribution in [0.4, 0.5) is 0 Å². The van der Waals surface area contributed by atoms with Crippen LogP contribution < -0.4 is 0 Å². The zero-order valence-electron chi connectivity index (χ0n) is 11.9. The molecule has 0 saturated heterocycles. The molecule has 0 atom stereocenters. The molecule has 0 saturated carbocycles. The van der Waals surface area contributed by atoms with E-state index in [1.807, 2.05) is 6.08 Å². The van der Waals surface area contributed by atoms with Gasteiger partial charge in [-0.1, -0.05) is 43.6 Å². The van der Waals surface area contributed by atoms with E-state index in [0.717, 1.165) is 25.0 Å². The maximum atomic E-state index is 8.53. The van der Waals surface area contributed by atoms with Crippen molar-refractivity contribution in [3.8, 4) is 0 Å². The molecule has 0 spiro atoms. The summed E-state index contributed by atoms with van der Waals surface area (Å²) in [5.41, 5.74) is 2.82. The van der Waals surface area contributed by atoms with Crippen LogP contribution in [0.1, 0.15) is 59.8 Å². The SMILES string of the molecule is C/C(=C/C=CO)CC/C=C(\C)CCCC(C)C. The monoisotopic (exact) mass is 236 g/mol. The molecule has 1 nitrogen and oxygen atoms in total. The first-order chi connectivity index (χ1) is 8.06. The van der Waals surface area contributed by atoms with Gasteiger partial charge in [-0.15, -0.1) is 0 Å². The number of allylic oxidation sites excluding steroid dienone is 5.